The fourth-order valence-electron chi connectivity index (χ4n) is 2.60. The molecule has 1 rings (SSSR count). The maximum absolute atomic E-state index is 12.1. The number of nitrogens with one attached hydrogen (secondary N) is 2. The van der Waals surface area contributed by atoms with E-state index in [0.29, 0.717) is 12.2 Å². The summed E-state index contributed by atoms with van der Waals surface area (Å²) in [5.74, 6) is 0.513. The van der Waals surface area contributed by atoms with Gasteiger partial charge in [0.25, 0.3) is 0 Å². The molecule has 0 fully saturated rings. The molecule has 0 spiro atoms. The molecule has 0 radical (unpaired) electrons. The van der Waals surface area contributed by atoms with Gasteiger partial charge in [0.05, 0.1) is 6.26 Å². The first-order valence-electron chi connectivity index (χ1n) is 8.05. The Morgan fingerprint density at radius 2 is 2.00 bits per heavy atom. The quantitative estimate of drug-likeness (QED) is 0.686. The van der Waals surface area contributed by atoms with Crippen molar-refractivity contribution in [2.75, 3.05) is 20.6 Å². The smallest absolute Gasteiger partial charge is 0.315 e. The van der Waals surface area contributed by atoms with Crippen molar-refractivity contribution >= 4 is 6.03 Å². The molecule has 1 heterocycles. The molecule has 0 aliphatic carbocycles. The van der Waals surface area contributed by atoms with Gasteiger partial charge in [0.15, 0.2) is 0 Å². The Hall–Kier alpha value is -1.53. The topological polar surface area (TPSA) is 77.7 Å². The predicted octanol–water partition coefficient (Wildman–Crippen LogP) is 2.37. The van der Waals surface area contributed by atoms with Crippen LogP contribution in [0.3, 0.4) is 0 Å². The third kappa shape index (κ3) is 6.62. The number of amides is 2. The molecular formula is C17H31N3O3. The molecule has 2 amide bonds. The number of hydrogen-bond donors (Lipinski definition) is 3. The maximum Gasteiger partial charge on any atom is 0.315 e. The van der Waals surface area contributed by atoms with Crippen LogP contribution in [0.15, 0.2) is 22.8 Å². The Bertz CT molecular complexity index is 471. The highest BCUT2D eigenvalue weighted by atomic mass is 16.4. The Kier molecular flexibility index (Phi) is 7.09. The van der Waals surface area contributed by atoms with E-state index in [2.05, 4.69) is 29.4 Å². The minimum atomic E-state index is -0.720. The summed E-state index contributed by atoms with van der Waals surface area (Å²) in [4.78, 5) is 14.2. The molecule has 23 heavy (non-hydrogen) atoms. The first-order valence-corrected chi connectivity index (χ1v) is 8.05. The van der Waals surface area contributed by atoms with Crippen LogP contribution >= 0.6 is 0 Å². The van der Waals surface area contributed by atoms with E-state index in [1.165, 1.54) is 6.26 Å². The van der Waals surface area contributed by atoms with Crippen LogP contribution in [-0.4, -0.2) is 48.8 Å². The number of carbonyl (C=O) groups is 1. The van der Waals surface area contributed by atoms with E-state index in [-0.39, 0.29) is 23.5 Å². The summed E-state index contributed by atoms with van der Waals surface area (Å²) in [7, 11) is 4.04. The second-order valence-corrected chi connectivity index (χ2v) is 7.23. The van der Waals surface area contributed by atoms with Crippen LogP contribution < -0.4 is 10.6 Å². The molecule has 0 saturated heterocycles. The third-order valence-corrected chi connectivity index (χ3v) is 4.07. The zero-order valence-corrected chi connectivity index (χ0v) is 15.1. The number of rotatable bonds is 8. The Labute approximate surface area is 139 Å². The minimum Gasteiger partial charge on any atom is -0.467 e. The van der Waals surface area contributed by atoms with Gasteiger partial charge >= 0.3 is 6.03 Å². The van der Waals surface area contributed by atoms with Crippen LogP contribution in [0.25, 0.3) is 0 Å². The molecule has 132 valence electrons. The first-order chi connectivity index (χ1) is 10.6. The molecule has 1 aromatic rings. The highest BCUT2D eigenvalue weighted by molar-refractivity contribution is 5.74. The van der Waals surface area contributed by atoms with Crippen molar-refractivity contribution in [3.05, 3.63) is 24.2 Å². The Morgan fingerprint density at radius 1 is 1.35 bits per heavy atom. The number of aliphatic hydroxyl groups excluding tert-OH is 1. The fraction of sp³-hybridized carbons (Fsp3) is 0.706. The van der Waals surface area contributed by atoms with Crippen LogP contribution in [0.4, 0.5) is 4.79 Å². The lowest BCUT2D eigenvalue weighted by Crippen LogP contribution is -2.51. The molecular weight excluding hydrogens is 294 g/mol. The van der Waals surface area contributed by atoms with Crippen molar-refractivity contribution in [1.82, 2.24) is 15.5 Å². The molecule has 3 N–H and O–H groups in total. The van der Waals surface area contributed by atoms with Gasteiger partial charge in [0, 0.05) is 25.0 Å². The van der Waals surface area contributed by atoms with E-state index in [1.807, 2.05) is 27.9 Å². The molecule has 0 aliphatic heterocycles. The summed E-state index contributed by atoms with van der Waals surface area (Å²) >= 11 is 0. The van der Waals surface area contributed by atoms with Crippen molar-refractivity contribution in [3.8, 4) is 0 Å². The zero-order valence-electron chi connectivity index (χ0n) is 15.1. The van der Waals surface area contributed by atoms with Gasteiger partial charge in [-0.05, 0) is 45.5 Å². The number of aliphatic hydroxyl groups is 1. The van der Waals surface area contributed by atoms with Gasteiger partial charge in [-0.1, -0.05) is 13.8 Å². The number of furan rings is 1. The van der Waals surface area contributed by atoms with Crippen LogP contribution in [-0.2, 0) is 0 Å². The van der Waals surface area contributed by atoms with Crippen LogP contribution in [0.5, 0.6) is 0 Å². The normalized spacial score (nSPS) is 16.0. The van der Waals surface area contributed by atoms with E-state index in [4.69, 9.17) is 4.42 Å². The summed E-state index contributed by atoms with van der Waals surface area (Å²) in [6.45, 7) is 9.00. The van der Waals surface area contributed by atoms with Crippen molar-refractivity contribution in [2.24, 2.45) is 5.41 Å². The molecule has 0 saturated carbocycles. The standard InChI is InChI=1S/C17H31N3O3/c1-12(10-14(21)15-8-7-9-23-15)18-16(22)19-13(2)17(3,4)11-20(5)6/h7-9,12-14,21H,10-11H2,1-6H3,(H2,18,19,22). The highest BCUT2D eigenvalue weighted by Crippen LogP contribution is 2.21. The summed E-state index contributed by atoms with van der Waals surface area (Å²) in [5, 5.41) is 15.9. The average Bonchev–Trinajstić information content (AvgIpc) is 2.90. The largest absolute Gasteiger partial charge is 0.467 e. The molecule has 3 atom stereocenters. The predicted molar refractivity (Wildman–Crippen MR) is 91.2 cm³/mol. The van der Waals surface area contributed by atoms with Crippen molar-refractivity contribution in [3.63, 3.8) is 0 Å². The highest BCUT2D eigenvalue weighted by Gasteiger charge is 2.28. The molecule has 3 unspecified atom stereocenters. The van der Waals surface area contributed by atoms with E-state index in [0.717, 1.165) is 6.54 Å². The third-order valence-electron chi connectivity index (χ3n) is 4.07. The molecule has 1 aromatic heterocycles. The zero-order chi connectivity index (χ0) is 17.6. The van der Waals surface area contributed by atoms with Gasteiger partial charge < -0.3 is 25.1 Å². The molecule has 6 heteroatoms. The van der Waals surface area contributed by atoms with E-state index in [1.54, 1.807) is 12.1 Å². The van der Waals surface area contributed by atoms with Gasteiger partial charge in [-0.3, -0.25) is 0 Å². The first kappa shape index (κ1) is 19.5. The van der Waals surface area contributed by atoms with Gasteiger partial charge in [0.2, 0.25) is 0 Å². The van der Waals surface area contributed by atoms with Gasteiger partial charge in [-0.25, -0.2) is 4.79 Å². The lowest BCUT2D eigenvalue weighted by molar-refractivity contribution is 0.128. The fourth-order valence-corrected chi connectivity index (χ4v) is 2.60. The monoisotopic (exact) mass is 325 g/mol. The second-order valence-electron chi connectivity index (χ2n) is 7.23. The van der Waals surface area contributed by atoms with E-state index in [9.17, 15) is 9.90 Å². The lowest BCUT2D eigenvalue weighted by atomic mass is 9.85. The number of nitrogens with zero attached hydrogens (tertiary/aromatic N) is 1. The summed E-state index contributed by atoms with van der Waals surface area (Å²) in [6, 6.07) is 3.09. The molecule has 0 aromatic carbocycles. The van der Waals surface area contributed by atoms with Crippen LogP contribution in [0.2, 0.25) is 0 Å². The SMILES string of the molecule is CC(CC(O)c1ccco1)NC(=O)NC(C)C(C)(C)CN(C)C. The number of urea groups is 1. The Morgan fingerprint density at radius 3 is 2.52 bits per heavy atom. The Balaban J connectivity index is 2.43. The number of hydrogen-bond acceptors (Lipinski definition) is 4. The minimum absolute atomic E-state index is 0.0205. The lowest BCUT2D eigenvalue weighted by Gasteiger charge is -2.35. The van der Waals surface area contributed by atoms with Crippen LogP contribution in [0.1, 0.15) is 46.0 Å². The number of carbonyl (C=O) groups excluding carboxylic acids is 1. The van der Waals surface area contributed by atoms with Gasteiger partial charge in [-0.2, -0.15) is 0 Å². The summed E-state index contributed by atoms with van der Waals surface area (Å²) in [5.41, 5.74) is -0.0439. The van der Waals surface area contributed by atoms with Crippen molar-refractivity contribution < 1.29 is 14.3 Å². The van der Waals surface area contributed by atoms with Crippen molar-refractivity contribution in [2.45, 2.75) is 52.3 Å². The molecule has 0 aliphatic rings. The summed E-state index contributed by atoms with van der Waals surface area (Å²) in [6.07, 6.45) is 1.21. The van der Waals surface area contributed by atoms with Crippen LogP contribution in [0, 0.1) is 5.41 Å². The second kappa shape index (κ2) is 8.36. The molecule has 6 nitrogen and oxygen atoms in total. The molecule has 0 bridgehead atoms. The van der Waals surface area contributed by atoms with Gasteiger partial charge in [-0.15, -0.1) is 0 Å². The van der Waals surface area contributed by atoms with Crippen molar-refractivity contribution in [1.29, 1.82) is 0 Å². The summed E-state index contributed by atoms with van der Waals surface area (Å²) < 4.78 is 5.16. The van der Waals surface area contributed by atoms with E-state index < -0.39 is 6.10 Å². The average molecular weight is 325 g/mol. The maximum atomic E-state index is 12.1. The van der Waals surface area contributed by atoms with E-state index >= 15 is 0 Å². The van der Waals surface area contributed by atoms with Gasteiger partial charge in [0.1, 0.15) is 11.9 Å².